The third kappa shape index (κ3) is 2.31. The van der Waals surface area contributed by atoms with E-state index in [0.717, 1.165) is 46.2 Å². The molecule has 0 fully saturated rings. The fourth-order valence-electron chi connectivity index (χ4n) is 2.69. The minimum Gasteiger partial charge on any atom is -0.490 e. The van der Waals surface area contributed by atoms with Crippen LogP contribution in [0.5, 0.6) is 11.5 Å². The second-order valence-corrected chi connectivity index (χ2v) is 6.36. The highest BCUT2D eigenvalue weighted by atomic mass is 32.1. The molecule has 1 aromatic carbocycles. The highest BCUT2D eigenvalue weighted by Crippen LogP contribution is 2.37. The fraction of sp³-hybridized carbons (Fsp3) is 0.375. The summed E-state index contributed by atoms with van der Waals surface area (Å²) in [5.41, 5.74) is 1.67. The van der Waals surface area contributed by atoms with Crippen LogP contribution in [0.3, 0.4) is 0 Å². The minimum absolute atomic E-state index is 0.174. The van der Waals surface area contributed by atoms with Crippen LogP contribution in [0.2, 0.25) is 0 Å². The van der Waals surface area contributed by atoms with Crippen LogP contribution in [0.25, 0.3) is 10.6 Å². The molecule has 0 N–H and O–H groups in total. The molecule has 0 saturated carbocycles. The van der Waals surface area contributed by atoms with Crippen molar-refractivity contribution in [1.29, 1.82) is 0 Å². The number of hydrogen-bond donors (Lipinski definition) is 0. The fourth-order valence-corrected chi connectivity index (χ4v) is 3.80. The van der Waals surface area contributed by atoms with E-state index in [1.165, 1.54) is 0 Å². The van der Waals surface area contributed by atoms with Crippen LogP contribution in [0.1, 0.15) is 34.6 Å². The van der Waals surface area contributed by atoms with Gasteiger partial charge >= 0.3 is 0 Å². The van der Waals surface area contributed by atoms with Gasteiger partial charge in [0.15, 0.2) is 17.3 Å². The van der Waals surface area contributed by atoms with Crippen molar-refractivity contribution in [3.05, 3.63) is 28.8 Å². The molecule has 108 valence electrons. The lowest BCUT2D eigenvalue weighted by molar-refractivity contribution is 0.0968. The molecule has 0 radical (unpaired) electrons. The number of fused-ring (bicyclic) bond motifs is 2. The third-order valence-electron chi connectivity index (χ3n) is 3.76. The van der Waals surface area contributed by atoms with Crippen molar-refractivity contribution < 1.29 is 14.3 Å². The normalized spacial score (nSPS) is 17.2. The summed E-state index contributed by atoms with van der Waals surface area (Å²) in [5, 5.41) is 0.894. The third-order valence-corrected chi connectivity index (χ3v) is 4.93. The zero-order chi connectivity index (χ0) is 14.2. The molecule has 0 spiro atoms. The number of ketones is 1. The number of ether oxygens (including phenoxy) is 2. The molecule has 0 bridgehead atoms. The summed E-state index contributed by atoms with van der Waals surface area (Å²) >= 11 is 1.62. The van der Waals surface area contributed by atoms with Gasteiger partial charge in [0.2, 0.25) is 0 Å². The van der Waals surface area contributed by atoms with Crippen LogP contribution < -0.4 is 9.47 Å². The van der Waals surface area contributed by atoms with Crippen molar-refractivity contribution >= 4 is 17.1 Å². The number of benzene rings is 1. The van der Waals surface area contributed by atoms with E-state index in [1.807, 2.05) is 18.2 Å². The van der Waals surface area contributed by atoms with Gasteiger partial charge in [-0.1, -0.05) is 0 Å². The van der Waals surface area contributed by atoms with Gasteiger partial charge in [0.1, 0.15) is 10.7 Å². The lowest BCUT2D eigenvalue weighted by Gasteiger charge is -2.07. The summed E-state index contributed by atoms with van der Waals surface area (Å²) in [6, 6.07) is 5.88. The zero-order valence-electron chi connectivity index (χ0n) is 11.6. The van der Waals surface area contributed by atoms with Crippen molar-refractivity contribution in [2.24, 2.45) is 0 Å². The van der Waals surface area contributed by atoms with Gasteiger partial charge in [0.25, 0.3) is 0 Å². The first-order valence-corrected chi connectivity index (χ1v) is 8.06. The molecule has 0 saturated heterocycles. The average Bonchev–Trinajstić information content (AvgIpc) is 2.80. The molecule has 2 aromatic rings. The van der Waals surface area contributed by atoms with E-state index in [9.17, 15) is 4.79 Å². The summed E-state index contributed by atoms with van der Waals surface area (Å²) in [6.45, 7) is 1.36. The Morgan fingerprint density at radius 2 is 1.90 bits per heavy atom. The molecular formula is C16H15NO3S. The maximum absolute atomic E-state index is 11.9. The van der Waals surface area contributed by atoms with Gasteiger partial charge in [-0.3, -0.25) is 4.79 Å². The van der Waals surface area contributed by atoms with Crippen molar-refractivity contribution in [3.63, 3.8) is 0 Å². The number of rotatable bonds is 1. The Morgan fingerprint density at radius 1 is 1.05 bits per heavy atom. The number of hydrogen-bond acceptors (Lipinski definition) is 5. The highest BCUT2D eigenvalue weighted by molar-refractivity contribution is 7.15. The lowest BCUT2D eigenvalue weighted by Crippen LogP contribution is -2.08. The second-order valence-electron chi connectivity index (χ2n) is 5.28. The summed E-state index contributed by atoms with van der Waals surface area (Å²) in [7, 11) is 0. The average molecular weight is 301 g/mol. The Balaban J connectivity index is 1.73. The maximum Gasteiger partial charge on any atom is 0.182 e. The van der Waals surface area contributed by atoms with Crippen molar-refractivity contribution in [2.75, 3.05) is 13.2 Å². The predicted octanol–water partition coefficient (Wildman–Crippen LogP) is 3.49. The van der Waals surface area contributed by atoms with E-state index < -0.39 is 0 Å². The van der Waals surface area contributed by atoms with E-state index in [0.29, 0.717) is 25.3 Å². The minimum atomic E-state index is 0.174. The first-order valence-electron chi connectivity index (χ1n) is 7.24. The topological polar surface area (TPSA) is 48.4 Å². The lowest BCUT2D eigenvalue weighted by atomic mass is 10.0. The number of nitrogens with zero attached hydrogens (tertiary/aromatic N) is 1. The molecule has 2 aliphatic rings. The van der Waals surface area contributed by atoms with Gasteiger partial charge in [-0.2, -0.15) is 0 Å². The van der Waals surface area contributed by atoms with Gasteiger partial charge in [-0.15, -0.1) is 11.3 Å². The van der Waals surface area contributed by atoms with Gasteiger partial charge < -0.3 is 9.47 Å². The molecule has 0 amide bonds. The van der Waals surface area contributed by atoms with Gasteiger partial charge in [-0.05, 0) is 31.0 Å². The standard InChI is InChI=1S/C16H15NO3S/c18-11-3-1-4-14-15(11)17-16(21-14)10-5-6-12-13(9-10)20-8-2-7-19-12/h5-6,9H,1-4,7-8H2. The van der Waals surface area contributed by atoms with Crippen molar-refractivity contribution in [2.45, 2.75) is 25.7 Å². The molecule has 4 rings (SSSR count). The number of carbonyl (C=O) groups is 1. The van der Waals surface area contributed by atoms with Crippen LogP contribution in [0.15, 0.2) is 18.2 Å². The molecular weight excluding hydrogens is 286 g/mol. The maximum atomic E-state index is 11.9. The number of Topliss-reactive ketones (excluding diaryl/α,β-unsaturated/α-hetero) is 1. The molecule has 2 heterocycles. The van der Waals surface area contributed by atoms with Crippen molar-refractivity contribution in [1.82, 2.24) is 4.98 Å². The van der Waals surface area contributed by atoms with E-state index >= 15 is 0 Å². The monoisotopic (exact) mass is 301 g/mol. The molecule has 1 aliphatic carbocycles. The molecule has 5 heteroatoms. The summed E-state index contributed by atoms with van der Waals surface area (Å²) in [4.78, 5) is 17.6. The quantitative estimate of drug-likeness (QED) is 0.809. The van der Waals surface area contributed by atoms with Crippen LogP contribution in [0, 0.1) is 0 Å². The summed E-state index contributed by atoms with van der Waals surface area (Å²) in [6.07, 6.45) is 3.42. The first kappa shape index (κ1) is 12.8. The largest absolute Gasteiger partial charge is 0.490 e. The SMILES string of the molecule is O=C1CCCc2sc(-c3ccc4c(c3)OCCCO4)nc21. The number of carbonyl (C=O) groups excluding carboxylic acids is 1. The highest BCUT2D eigenvalue weighted by Gasteiger charge is 2.23. The van der Waals surface area contributed by atoms with Crippen LogP contribution in [-0.2, 0) is 6.42 Å². The molecule has 1 aromatic heterocycles. The van der Waals surface area contributed by atoms with E-state index in [-0.39, 0.29) is 5.78 Å². The number of thiazole rings is 1. The summed E-state index contributed by atoms with van der Waals surface area (Å²) < 4.78 is 11.4. The smallest absolute Gasteiger partial charge is 0.182 e. The van der Waals surface area contributed by atoms with Crippen LogP contribution >= 0.6 is 11.3 Å². The van der Waals surface area contributed by atoms with E-state index in [4.69, 9.17) is 9.47 Å². The Labute approximate surface area is 126 Å². The number of aryl methyl sites for hydroxylation is 1. The second kappa shape index (κ2) is 5.15. The van der Waals surface area contributed by atoms with Crippen LogP contribution in [-0.4, -0.2) is 24.0 Å². The van der Waals surface area contributed by atoms with Gasteiger partial charge in [0, 0.05) is 23.3 Å². The Bertz CT molecular complexity index is 708. The first-order chi connectivity index (χ1) is 10.3. The molecule has 21 heavy (non-hydrogen) atoms. The Morgan fingerprint density at radius 3 is 2.76 bits per heavy atom. The predicted molar refractivity (Wildman–Crippen MR) is 80.4 cm³/mol. The van der Waals surface area contributed by atoms with Gasteiger partial charge in [0.05, 0.1) is 13.2 Å². The number of aromatic nitrogens is 1. The Kier molecular flexibility index (Phi) is 3.15. The zero-order valence-corrected chi connectivity index (χ0v) is 12.4. The van der Waals surface area contributed by atoms with Crippen molar-refractivity contribution in [3.8, 4) is 22.1 Å². The summed E-state index contributed by atoms with van der Waals surface area (Å²) in [5.74, 6) is 1.73. The molecule has 4 nitrogen and oxygen atoms in total. The van der Waals surface area contributed by atoms with E-state index in [1.54, 1.807) is 11.3 Å². The Hall–Kier alpha value is -1.88. The molecule has 1 aliphatic heterocycles. The molecule has 0 unspecified atom stereocenters. The van der Waals surface area contributed by atoms with Crippen LogP contribution in [0.4, 0.5) is 0 Å². The molecule has 0 atom stereocenters. The van der Waals surface area contributed by atoms with Gasteiger partial charge in [-0.25, -0.2) is 4.98 Å². The van der Waals surface area contributed by atoms with E-state index in [2.05, 4.69) is 4.98 Å².